The molecule has 1 unspecified atom stereocenters. The lowest BCUT2D eigenvalue weighted by Gasteiger charge is -2.15. The van der Waals surface area contributed by atoms with Crippen LogP contribution in [0.1, 0.15) is 28.6 Å². The van der Waals surface area contributed by atoms with E-state index in [1.165, 1.54) is 0 Å². The van der Waals surface area contributed by atoms with Crippen LogP contribution in [0.25, 0.3) is 0 Å². The summed E-state index contributed by atoms with van der Waals surface area (Å²) in [7, 11) is 1.94. The summed E-state index contributed by atoms with van der Waals surface area (Å²) in [4.78, 5) is 18.2. The van der Waals surface area contributed by atoms with Crippen molar-refractivity contribution in [3.05, 3.63) is 17.3 Å². The standard InChI is InChI=1S/C12H19N3O2/c1-8-11(17-9(2)14-8)12(16)15-5-4-10(7-15)6-13-3/h10,13H,4-7H2,1-3H3. The predicted octanol–water partition coefficient (Wildman–Crippen LogP) is 0.973. The number of likely N-dealkylation sites (tertiary alicyclic amines) is 1. The third-order valence-corrected chi connectivity index (χ3v) is 3.16. The Bertz CT molecular complexity index is 414. The normalized spacial score (nSPS) is 19.9. The van der Waals surface area contributed by atoms with Gasteiger partial charge in [-0.25, -0.2) is 4.98 Å². The fourth-order valence-corrected chi connectivity index (χ4v) is 2.35. The number of carbonyl (C=O) groups excluding carboxylic acids is 1. The van der Waals surface area contributed by atoms with E-state index >= 15 is 0 Å². The molecule has 1 aliphatic rings. The molecule has 0 bridgehead atoms. The van der Waals surface area contributed by atoms with E-state index in [-0.39, 0.29) is 5.91 Å². The number of oxazole rings is 1. The van der Waals surface area contributed by atoms with Crippen molar-refractivity contribution in [2.24, 2.45) is 5.92 Å². The van der Waals surface area contributed by atoms with Crippen LogP contribution in [0.15, 0.2) is 4.42 Å². The average molecular weight is 237 g/mol. The van der Waals surface area contributed by atoms with Crippen LogP contribution in [0.5, 0.6) is 0 Å². The summed E-state index contributed by atoms with van der Waals surface area (Å²) in [5, 5.41) is 3.15. The first kappa shape index (κ1) is 12.1. The highest BCUT2D eigenvalue weighted by molar-refractivity contribution is 5.92. The first-order chi connectivity index (χ1) is 8.11. The summed E-state index contributed by atoms with van der Waals surface area (Å²) >= 11 is 0. The van der Waals surface area contributed by atoms with Crippen molar-refractivity contribution in [2.45, 2.75) is 20.3 Å². The molecule has 0 spiro atoms. The highest BCUT2D eigenvalue weighted by Crippen LogP contribution is 2.20. The monoisotopic (exact) mass is 237 g/mol. The van der Waals surface area contributed by atoms with E-state index in [0.717, 1.165) is 26.1 Å². The van der Waals surface area contributed by atoms with Gasteiger partial charge in [-0.3, -0.25) is 4.79 Å². The summed E-state index contributed by atoms with van der Waals surface area (Å²) in [6.07, 6.45) is 1.05. The van der Waals surface area contributed by atoms with Crippen molar-refractivity contribution in [2.75, 3.05) is 26.7 Å². The molecule has 2 rings (SSSR count). The van der Waals surface area contributed by atoms with Gasteiger partial charge in [-0.05, 0) is 32.9 Å². The molecule has 1 N–H and O–H groups in total. The Kier molecular flexibility index (Phi) is 3.47. The van der Waals surface area contributed by atoms with Crippen molar-refractivity contribution in [1.29, 1.82) is 0 Å². The van der Waals surface area contributed by atoms with Gasteiger partial charge in [-0.2, -0.15) is 0 Å². The maximum Gasteiger partial charge on any atom is 0.291 e. The maximum absolute atomic E-state index is 12.2. The lowest BCUT2D eigenvalue weighted by atomic mass is 10.1. The zero-order chi connectivity index (χ0) is 12.4. The molecule has 94 valence electrons. The molecular weight excluding hydrogens is 218 g/mol. The molecule has 1 atom stereocenters. The van der Waals surface area contributed by atoms with E-state index in [1.807, 2.05) is 18.9 Å². The summed E-state index contributed by atoms with van der Waals surface area (Å²) in [5.41, 5.74) is 0.685. The lowest BCUT2D eigenvalue weighted by Crippen LogP contribution is -2.30. The third kappa shape index (κ3) is 2.49. The summed E-state index contributed by atoms with van der Waals surface area (Å²) in [5.74, 6) is 1.47. The fourth-order valence-electron chi connectivity index (χ4n) is 2.35. The van der Waals surface area contributed by atoms with Gasteiger partial charge in [0.15, 0.2) is 5.89 Å². The summed E-state index contributed by atoms with van der Waals surface area (Å²) < 4.78 is 5.37. The fraction of sp³-hybridized carbons (Fsp3) is 0.667. The Hall–Kier alpha value is -1.36. The van der Waals surface area contributed by atoms with Crippen molar-refractivity contribution >= 4 is 5.91 Å². The molecule has 2 heterocycles. The quantitative estimate of drug-likeness (QED) is 0.851. The Morgan fingerprint density at radius 2 is 2.35 bits per heavy atom. The van der Waals surface area contributed by atoms with Crippen molar-refractivity contribution < 1.29 is 9.21 Å². The number of rotatable bonds is 3. The number of aryl methyl sites for hydroxylation is 2. The molecule has 1 saturated heterocycles. The second-order valence-electron chi connectivity index (χ2n) is 4.61. The van der Waals surface area contributed by atoms with Gasteiger partial charge in [0, 0.05) is 20.0 Å². The van der Waals surface area contributed by atoms with E-state index in [2.05, 4.69) is 10.3 Å². The van der Waals surface area contributed by atoms with Crippen molar-refractivity contribution in [1.82, 2.24) is 15.2 Å². The van der Waals surface area contributed by atoms with Gasteiger partial charge in [0.2, 0.25) is 5.76 Å². The molecule has 1 aliphatic heterocycles. The first-order valence-electron chi connectivity index (χ1n) is 5.99. The van der Waals surface area contributed by atoms with Gasteiger partial charge in [0.1, 0.15) is 0 Å². The van der Waals surface area contributed by atoms with Crippen molar-refractivity contribution in [3.8, 4) is 0 Å². The molecule has 5 nitrogen and oxygen atoms in total. The van der Waals surface area contributed by atoms with Crippen LogP contribution in [0.3, 0.4) is 0 Å². The van der Waals surface area contributed by atoms with Gasteiger partial charge >= 0.3 is 0 Å². The molecular formula is C12H19N3O2. The van der Waals surface area contributed by atoms with Crippen molar-refractivity contribution in [3.63, 3.8) is 0 Å². The largest absolute Gasteiger partial charge is 0.436 e. The molecule has 0 aliphatic carbocycles. The number of aromatic nitrogens is 1. The second kappa shape index (κ2) is 4.87. The van der Waals surface area contributed by atoms with Gasteiger partial charge in [0.25, 0.3) is 5.91 Å². The minimum atomic E-state index is -0.0262. The average Bonchev–Trinajstić information content (AvgIpc) is 2.85. The van der Waals surface area contributed by atoms with Crippen LogP contribution >= 0.6 is 0 Å². The zero-order valence-electron chi connectivity index (χ0n) is 10.6. The van der Waals surface area contributed by atoms with Crippen LogP contribution in [-0.2, 0) is 0 Å². The van der Waals surface area contributed by atoms with Crippen LogP contribution in [0.2, 0.25) is 0 Å². The predicted molar refractivity (Wildman–Crippen MR) is 63.9 cm³/mol. The van der Waals surface area contributed by atoms with Crippen LogP contribution < -0.4 is 5.32 Å². The molecule has 1 fully saturated rings. The van der Waals surface area contributed by atoms with Crippen LogP contribution in [-0.4, -0.2) is 42.5 Å². The van der Waals surface area contributed by atoms with E-state index in [1.54, 1.807) is 6.92 Å². The number of nitrogens with zero attached hydrogens (tertiary/aromatic N) is 2. The topological polar surface area (TPSA) is 58.4 Å². The smallest absolute Gasteiger partial charge is 0.291 e. The number of hydrogen-bond acceptors (Lipinski definition) is 4. The highest BCUT2D eigenvalue weighted by atomic mass is 16.4. The van der Waals surface area contributed by atoms with E-state index in [0.29, 0.717) is 23.3 Å². The molecule has 17 heavy (non-hydrogen) atoms. The Morgan fingerprint density at radius 3 is 2.94 bits per heavy atom. The Labute approximate surface area is 101 Å². The zero-order valence-corrected chi connectivity index (χ0v) is 10.6. The van der Waals surface area contributed by atoms with Crippen LogP contribution in [0.4, 0.5) is 0 Å². The molecule has 0 radical (unpaired) electrons. The van der Waals surface area contributed by atoms with Gasteiger partial charge in [-0.1, -0.05) is 0 Å². The lowest BCUT2D eigenvalue weighted by molar-refractivity contribution is 0.0753. The maximum atomic E-state index is 12.2. The Morgan fingerprint density at radius 1 is 1.59 bits per heavy atom. The number of hydrogen-bond donors (Lipinski definition) is 1. The molecule has 0 aromatic carbocycles. The van der Waals surface area contributed by atoms with Gasteiger partial charge in [-0.15, -0.1) is 0 Å². The van der Waals surface area contributed by atoms with Gasteiger partial charge in [0.05, 0.1) is 5.69 Å². The first-order valence-corrected chi connectivity index (χ1v) is 5.99. The molecule has 1 amide bonds. The Balaban J connectivity index is 2.04. The number of carbonyl (C=O) groups is 1. The van der Waals surface area contributed by atoms with Crippen LogP contribution in [0, 0.1) is 19.8 Å². The van der Waals surface area contributed by atoms with E-state index in [4.69, 9.17) is 4.42 Å². The molecule has 1 aromatic heterocycles. The van der Waals surface area contributed by atoms with E-state index < -0.39 is 0 Å². The molecule has 0 saturated carbocycles. The minimum absolute atomic E-state index is 0.0262. The van der Waals surface area contributed by atoms with E-state index in [9.17, 15) is 4.79 Å². The second-order valence-corrected chi connectivity index (χ2v) is 4.61. The molecule has 1 aromatic rings. The number of nitrogens with one attached hydrogen (secondary N) is 1. The summed E-state index contributed by atoms with van der Waals surface area (Å²) in [6, 6.07) is 0. The summed E-state index contributed by atoms with van der Waals surface area (Å²) in [6.45, 7) is 6.14. The molecule has 5 heteroatoms. The highest BCUT2D eigenvalue weighted by Gasteiger charge is 2.29. The number of amides is 1. The minimum Gasteiger partial charge on any atom is -0.436 e. The third-order valence-electron chi connectivity index (χ3n) is 3.16. The SMILES string of the molecule is CNCC1CCN(C(=O)c2oc(C)nc2C)C1. The van der Waals surface area contributed by atoms with Gasteiger partial charge < -0.3 is 14.6 Å².